The van der Waals surface area contributed by atoms with E-state index in [2.05, 4.69) is 85.6 Å². The summed E-state index contributed by atoms with van der Waals surface area (Å²) in [6, 6.07) is 12.8. The van der Waals surface area contributed by atoms with Crippen LogP contribution in [0.4, 0.5) is 11.6 Å². The molecule has 3 heterocycles. The minimum Gasteiger partial charge on any atom is -0.361 e. The molecule has 8 heteroatoms. The third-order valence-corrected chi connectivity index (χ3v) is 7.23. The summed E-state index contributed by atoms with van der Waals surface area (Å²) < 4.78 is 2.58. The van der Waals surface area contributed by atoms with Crippen LogP contribution >= 0.6 is 15.9 Å². The molecule has 0 amide bonds. The fourth-order valence-corrected chi connectivity index (χ4v) is 5.18. The van der Waals surface area contributed by atoms with E-state index in [1.807, 2.05) is 0 Å². The minimum atomic E-state index is -0.307. The average Bonchev–Trinajstić information content (AvgIpc) is 2.83. The van der Waals surface area contributed by atoms with Gasteiger partial charge in [-0.1, -0.05) is 48.5 Å². The molecule has 3 aromatic rings. The van der Waals surface area contributed by atoms with Crippen LogP contribution in [0.2, 0.25) is 0 Å². The number of rotatable bonds is 5. The number of hydrogen-bond donors (Lipinski definition) is 0. The van der Waals surface area contributed by atoms with Crippen LogP contribution in [0.15, 0.2) is 45.7 Å². The van der Waals surface area contributed by atoms with Crippen molar-refractivity contribution in [2.75, 3.05) is 18.0 Å². The van der Waals surface area contributed by atoms with Crippen molar-refractivity contribution in [1.29, 1.82) is 0 Å². The topological polar surface area (TPSA) is 58.6 Å². The molecule has 33 heavy (non-hydrogen) atoms. The van der Waals surface area contributed by atoms with Gasteiger partial charge in [0.25, 0.3) is 5.82 Å². The molecule has 4 rings (SSSR count). The van der Waals surface area contributed by atoms with Gasteiger partial charge in [0.15, 0.2) is 5.82 Å². The van der Waals surface area contributed by atoms with Gasteiger partial charge < -0.3 is 9.74 Å². The first-order chi connectivity index (χ1) is 15.9. The standard InChI is InChI=1S/C25H29BrN6O/c1-6-19-15-31(16(3)14-32(19)20(7-2)17-8-10-18(26)11-9-17)24-23-21(30(5)25(33)29-24)12-13-22(27-4)28-23/h8-13,16,19-20H,6-7,14-15H2,1-3,5H3/t16-,19+,20?/m0/s1. The van der Waals surface area contributed by atoms with Crippen molar-refractivity contribution in [3.8, 4) is 0 Å². The molecule has 1 saturated heterocycles. The van der Waals surface area contributed by atoms with Crippen molar-refractivity contribution in [3.63, 3.8) is 0 Å². The SMILES string of the molecule is [C-]#[N+]c1ccc2c(n1)c(N1C[C@@H](CC)N(C(CC)c3ccc(Br)cc3)C[C@@H]1C)nc(=O)n2C. The van der Waals surface area contributed by atoms with Gasteiger partial charge in [0, 0.05) is 42.7 Å². The van der Waals surface area contributed by atoms with Gasteiger partial charge in [-0.3, -0.25) is 9.47 Å². The Labute approximate surface area is 203 Å². The molecule has 0 aliphatic carbocycles. The van der Waals surface area contributed by atoms with Gasteiger partial charge in [0.05, 0.1) is 5.52 Å². The second kappa shape index (κ2) is 9.62. The Balaban J connectivity index is 1.73. The predicted molar refractivity (Wildman–Crippen MR) is 136 cm³/mol. The van der Waals surface area contributed by atoms with E-state index < -0.39 is 0 Å². The van der Waals surface area contributed by atoms with Crippen molar-refractivity contribution in [2.24, 2.45) is 7.05 Å². The number of benzene rings is 1. The Morgan fingerprint density at radius 1 is 1.15 bits per heavy atom. The zero-order chi connectivity index (χ0) is 23.7. The second-order valence-electron chi connectivity index (χ2n) is 8.66. The maximum atomic E-state index is 12.7. The van der Waals surface area contributed by atoms with E-state index in [4.69, 9.17) is 6.57 Å². The third kappa shape index (κ3) is 4.40. The van der Waals surface area contributed by atoms with E-state index in [0.29, 0.717) is 34.8 Å². The molecule has 0 radical (unpaired) electrons. The Hall–Kier alpha value is -2.76. The molecule has 7 nitrogen and oxygen atoms in total. The van der Waals surface area contributed by atoms with Crippen molar-refractivity contribution in [2.45, 2.75) is 51.7 Å². The lowest BCUT2D eigenvalue weighted by molar-refractivity contribution is 0.0939. The zero-order valence-corrected chi connectivity index (χ0v) is 21.1. The van der Waals surface area contributed by atoms with Gasteiger partial charge in [-0.25, -0.2) is 4.79 Å². The minimum absolute atomic E-state index is 0.138. The molecule has 2 aromatic heterocycles. The summed E-state index contributed by atoms with van der Waals surface area (Å²) >= 11 is 3.54. The quantitative estimate of drug-likeness (QED) is 0.449. The van der Waals surface area contributed by atoms with Crippen molar-refractivity contribution in [3.05, 3.63) is 68.3 Å². The highest BCUT2D eigenvalue weighted by Crippen LogP contribution is 2.34. The molecule has 0 spiro atoms. The summed E-state index contributed by atoms with van der Waals surface area (Å²) in [6.45, 7) is 15.6. The van der Waals surface area contributed by atoms with Crippen LogP contribution < -0.4 is 10.6 Å². The third-order valence-electron chi connectivity index (χ3n) is 6.70. The summed E-state index contributed by atoms with van der Waals surface area (Å²) in [6.07, 6.45) is 2.01. The summed E-state index contributed by atoms with van der Waals surface area (Å²) in [5, 5.41) is 0. The van der Waals surface area contributed by atoms with Crippen LogP contribution in [0.1, 0.15) is 45.2 Å². The molecule has 172 valence electrons. The van der Waals surface area contributed by atoms with Gasteiger partial charge in [-0.2, -0.15) is 4.98 Å². The first kappa shape index (κ1) is 23.4. The largest absolute Gasteiger partial charge is 0.361 e. The van der Waals surface area contributed by atoms with E-state index in [0.717, 1.165) is 30.4 Å². The summed E-state index contributed by atoms with van der Waals surface area (Å²) in [4.78, 5) is 29.9. The summed E-state index contributed by atoms with van der Waals surface area (Å²) in [5.41, 5.74) is 2.32. The van der Waals surface area contributed by atoms with Crippen molar-refractivity contribution in [1.82, 2.24) is 19.4 Å². The first-order valence-electron chi connectivity index (χ1n) is 11.4. The highest BCUT2D eigenvalue weighted by Gasteiger charge is 2.37. The fraction of sp³-hybridized carbons (Fsp3) is 0.440. The fourth-order valence-electron chi connectivity index (χ4n) is 4.91. The number of halogens is 1. The summed E-state index contributed by atoms with van der Waals surface area (Å²) in [5.74, 6) is 0.893. The van der Waals surface area contributed by atoms with Gasteiger partial charge in [-0.15, -0.1) is 4.98 Å². The molecular formula is C25H29BrN6O. The molecule has 1 fully saturated rings. The number of anilines is 1. The molecule has 0 saturated carbocycles. The number of aryl methyl sites for hydroxylation is 1. The van der Waals surface area contributed by atoms with Crippen LogP contribution in [-0.4, -0.2) is 44.6 Å². The highest BCUT2D eigenvalue weighted by atomic mass is 79.9. The number of fused-ring (bicyclic) bond motifs is 1. The average molecular weight is 509 g/mol. The molecule has 1 aliphatic heterocycles. The Bertz CT molecular complexity index is 1250. The molecule has 1 aromatic carbocycles. The van der Waals surface area contributed by atoms with Crippen LogP contribution in [-0.2, 0) is 7.05 Å². The number of aromatic nitrogens is 3. The van der Waals surface area contributed by atoms with E-state index in [1.165, 1.54) is 10.1 Å². The van der Waals surface area contributed by atoms with Gasteiger partial charge in [0.1, 0.15) is 0 Å². The Morgan fingerprint density at radius 2 is 1.88 bits per heavy atom. The molecule has 1 aliphatic rings. The normalized spacial score (nSPS) is 20.1. The smallest absolute Gasteiger partial charge is 0.350 e. The molecular weight excluding hydrogens is 480 g/mol. The number of piperazine rings is 1. The van der Waals surface area contributed by atoms with Crippen molar-refractivity contribution < 1.29 is 0 Å². The number of hydrogen-bond acceptors (Lipinski definition) is 5. The Morgan fingerprint density at radius 3 is 2.52 bits per heavy atom. The molecule has 0 N–H and O–H groups in total. The summed E-state index contributed by atoms with van der Waals surface area (Å²) in [7, 11) is 1.70. The van der Waals surface area contributed by atoms with Crippen LogP contribution in [0.25, 0.3) is 15.9 Å². The van der Waals surface area contributed by atoms with Gasteiger partial charge >= 0.3 is 5.69 Å². The lowest BCUT2D eigenvalue weighted by Gasteiger charge is -2.48. The Kier molecular flexibility index (Phi) is 6.82. The number of pyridine rings is 1. The lowest BCUT2D eigenvalue weighted by atomic mass is 9.96. The second-order valence-corrected chi connectivity index (χ2v) is 9.58. The van der Waals surface area contributed by atoms with Gasteiger partial charge in [-0.05, 0) is 49.6 Å². The monoisotopic (exact) mass is 508 g/mol. The molecule has 1 unspecified atom stereocenters. The van der Waals surface area contributed by atoms with E-state index >= 15 is 0 Å². The highest BCUT2D eigenvalue weighted by molar-refractivity contribution is 9.10. The molecule has 0 bridgehead atoms. The lowest BCUT2D eigenvalue weighted by Crippen LogP contribution is -2.58. The van der Waals surface area contributed by atoms with Gasteiger partial charge in [0.2, 0.25) is 5.52 Å². The van der Waals surface area contributed by atoms with Crippen molar-refractivity contribution >= 4 is 38.6 Å². The maximum Gasteiger partial charge on any atom is 0.350 e. The van der Waals surface area contributed by atoms with E-state index in [1.54, 1.807) is 19.2 Å². The van der Waals surface area contributed by atoms with Crippen LogP contribution in [0, 0.1) is 6.57 Å². The van der Waals surface area contributed by atoms with E-state index in [-0.39, 0.29) is 11.7 Å². The first-order valence-corrected chi connectivity index (χ1v) is 12.2. The zero-order valence-electron chi connectivity index (χ0n) is 19.5. The predicted octanol–water partition coefficient (Wildman–Crippen LogP) is 5.08. The van der Waals surface area contributed by atoms with Crippen LogP contribution in [0.3, 0.4) is 0 Å². The number of nitrogens with zero attached hydrogens (tertiary/aromatic N) is 6. The van der Waals surface area contributed by atoms with Crippen LogP contribution in [0.5, 0.6) is 0 Å². The molecule has 3 atom stereocenters. The van der Waals surface area contributed by atoms with E-state index in [9.17, 15) is 4.79 Å². The maximum absolute atomic E-state index is 12.7.